The SMILES string of the molecule is CC(C)Cn1nc(C(=O)N2CCC(C(O)c3ccccc3)CC2)c2ccccc2c1=O. The fraction of sp³-hybridized carbons (Fsp3) is 0.400. The van der Waals surface area contributed by atoms with E-state index in [2.05, 4.69) is 5.10 Å². The molecule has 0 aliphatic carbocycles. The summed E-state index contributed by atoms with van der Waals surface area (Å²) < 4.78 is 1.42. The molecule has 0 saturated carbocycles. The zero-order valence-corrected chi connectivity index (χ0v) is 18.1. The highest BCUT2D eigenvalue weighted by molar-refractivity contribution is 6.04. The van der Waals surface area contributed by atoms with E-state index in [9.17, 15) is 14.7 Å². The van der Waals surface area contributed by atoms with Gasteiger partial charge >= 0.3 is 0 Å². The number of amides is 1. The zero-order chi connectivity index (χ0) is 22.0. The Bertz CT molecular complexity index is 1120. The molecule has 162 valence electrons. The lowest BCUT2D eigenvalue weighted by Crippen LogP contribution is -2.41. The highest BCUT2D eigenvalue weighted by Gasteiger charge is 2.30. The molecular weight excluding hydrogens is 390 g/mol. The molecule has 0 bridgehead atoms. The Hall–Kier alpha value is -2.99. The predicted molar refractivity (Wildman–Crippen MR) is 121 cm³/mol. The molecule has 6 nitrogen and oxygen atoms in total. The van der Waals surface area contributed by atoms with E-state index in [1.807, 2.05) is 56.3 Å². The number of rotatable bonds is 5. The van der Waals surface area contributed by atoms with Crippen molar-refractivity contribution in [2.45, 2.75) is 39.3 Å². The van der Waals surface area contributed by atoms with Gasteiger partial charge in [-0.25, -0.2) is 4.68 Å². The Kier molecular flexibility index (Phi) is 6.18. The Morgan fingerprint density at radius 2 is 1.65 bits per heavy atom. The smallest absolute Gasteiger partial charge is 0.274 e. The molecule has 1 N–H and O–H groups in total. The monoisotopic (exact) mass is 419 g/mol. The van der Waals surface area contributed by atoms with Crippen LogP contribution in [0.2, 0.25) is 0 Å². The van der Waals surface area contributed by atoms with Crippen LogP contribution in [-0.2, 0) is 6.54 Å². The van der Waals surface area contributed by atoms with Gasteiger partial charge in [-0.15, -0.1) is 0 Å². The quantitative estimate of drug-likeness (QED) is 0.685. The summed E-state index contributed by atoms with van der Waals surface area (Å²) in [6.07, 6.45) is 0.932. The lowest BCUT2D eigenvalue weighted by molar-refractivity contribution is 0.0458. The Labute approximate surface area is 182 Å². The molecule has 1 saturated heterocycles. The lowest BCUT2D eigenvalue weighted by Gasteiger charge is -2.34. The number of aliphatic hydroxyl groups excluding tert-OH is 1. The molecule has 2 aromatic carbocycles. The molecule has 1 amide bonds. The highest BCUT2D eigenvalue weighted by Crippen LogP contribution is 2.31. The Balaban J connectivity index is 1.56. The lowest BCUT2D eigenvalue weighted by atomic mass is 9.87. The van der Waals surface area contributed by atoms with Gasteiger partial charge in [-0.2, -0.15) is 5.10 Å². The maximum atomic E-state index is 13.4. The number of aliphatic hydroxyl groups is 1. The summed E-state index contributed by atoms with van der Waals surface area (Å²) in [5.41, 5.74) is 1.09. The average molecular weight is 420 g/mol. The summed E-state index contributed by atoms with van der Waals surface area (Å²) >= 11 is 0. The molecule has 0 radical (unpaired) electrons. The number of likely N-dealkylation sites (tertiary alicyclic amines) is 1. The van der Waals surface area contributed by atoms with E-state index in [1.54, 1.807) is 17.0 Å². The first-order valence-electron chi connectivity index (χ1n) is 11.0. The van der Waals surface area contributed by atoms with E-state index in [1.165, 1.54) is 4.68 Å². The highest BCUT2D eigenvalue weighted by atomic mass is 16.3. The first-order valence-corrected chi connectivity index (χ1v) is 11.0. The van der Waals surface area contributed by atoms with Crippen LogP contribution in [0, 0.1) is 11.8 Å². The normalized spacial score (nSPS) is 16.1. The third-order valence-corrected chi connectivity index (χ3v) is 6.02. The topological polar surface area (TPSA) is 75.4 Å². The number of aromatic nitrogens is 2. The van der Waals surface area contributed by atoms with Crippen molar-refractivity contribution in [3.63, 3.8) is 0 Å². The summed E-state index contributed by atoms with van der Waals surface area (Å²) in [6, 6.07) is 16.9. The van der Waals surface area contributed by atoms with E-state index in [-0.39, 0.29) is 23.3 Å². The Morgan fingerprint density at radius 3 is 2.29 bits per heavy atom. The van der Waals surface area contributed by atoms with Crippen LogP contribution in [0.25, 0.3) is 10.8 Å². The second kappa shape index (κ2) is 9.02. The average Bonchev–Trinajstić information content (AvgIpc) is 2.80. The van der Waals surface area contributed by atoms with Crippen LogP contribution in [0.3, 0.4) is 0 Å². The maximum Gasteiger partial charge on any atom is 0.274 e. The largest absolute Gasteiger partial charge is 0.388 e. The summed E-state index contributed by atoms with van der Waals surface area (Å²) in [5.74, 6) is 0.205. The minimum atomic E-state index is -0.523. The third kappa shape index (κ3) is 4.39. The van der Waals surface area contributed by atoms with Gasteiger partial charge in [0.25, 0.3) is 11.5 Å². The van der Waals surface area contributed by atoms with Crippen LogP contribution in [0.4, 0.5) is 0 Å². The van der Waals surface area contributed by atoms with Crippen molar-refractivity contribution >= 4 is 16.7 Å². The summed E-state index contributed by atoms with van der Waals surface area (Å²) in [5, 5.41) is 16.3. The molecule has 3 aromatic rings. The van der Waals surface area contributed by atoms with Crippen molar-refractivity contribution in [2.24, 2.45) is 11.8 Å². The summed E-state index contributed by atoms with van der Waals surface area (Å²) in [4.78, 5) is 28.0. The van der Waals surface area contributed by atoms with Gasteiger partial charge in [0, 0.05) is 25.0 Å². The van der Waals surface area contributed by atoms with E-state index in [0.717, 1.165) is 18.4 Å². The van der Waals surface area contributed by atoms with Gasteiger partial charge in [0.1, 0.15) is 0 Å². The van der Waals surface area contributed by atoms with E-state index < -0.39 is 6.10 Å². The third-order valence-electron chi connectivity index (χ3n) is 6.02. The standard InChI is InChI=1S/C25H29N3O3/c1-17(2)16-28-24(30)21-11-7-6-10-20(21)22(26-28)25(31)27-14-12-19(13-15-27)23(29)18-8-4-3-5-9-18/h3-11,17,19,23,29H,12-16H2,1-2H3. The molecule has 6 heteroatoms. The second-order valence-corrected chi connectivity index (χ2v) is 8.76. The molecule has 1 aliphatic rings. The maximum absolute atomic E-state index is 13.4. The van der Waals surface area contributed by atoms with Crippen LogP contribution >= 0.6 is 0 Å². The van der Waals surface area contributed by atoms with Gasteiger partial charge in [0.2, 0.25) is 0 Å². The number of nitrogens with zero attached hydrogens (tertiary/aromatic N) is 3. The van der Waals surface area contributed by atoms with Crippen molar-refractivity contribution in [2.75, 3.05) is 13.1 Å². The number of fused-ring (bicyclic) bond motifs is 1. The van der Waals surface area contributed by atoms with E-state index in [0.29, 0.717) is 36.1 Å². The van der Waals surface area contributed by atoms with Gasteiger partial charge in [-0.3, -0.25) is 9.59 Å². The van der Waals surface area contributed by atoms with Crippen LogP contribution in [0.15, 0.2) is 59.4 Å². The van der Waals surface area contributed by atoms with Crippen molar-refractivity contribution < 1.29 is 9.90 Å². The molecule has 2 heterocycles. The van der Waals surface area contributed by atoms with Gasteiger partial charge in [-0.1, -0.05) is 62.4 Å². The summed E-state index contributed by atoms with van der Waals surface area (Å²) in [6.45, 7) is 5.63. The summed E-state index contributed by atoms with van der Waals surface area (Å²) in [7, 11) is 0. The van der Waals surface area contributed by atoms with Crippen LogP contribution < -0.4 is 5.56 Å². The van der Waals surface area contributed by atoms with Crippen LogP contribution in [0.5, 0.6) is 0 Å². The molecule has 1 unspecified atom stereocenters. The Morgan fingerprint density at radius 1 is 1.03 bits per heavy atom. The molecule has 0 spiro atoms. The van der Waals surface area contributed by atoms with E-state index in [4.69, 9.17) is 0 Å². The van der Waals surface area contributed by atoms with Gasteiger partial charge < -0.3 is 10.0 Å². The number of piperidine rings is 1. The van der Waals surface area contributed by atoms with Crippen molar-refractivity contribution in [1.82, 2.24) is 14.7 Å². The number of carbonyl (C=O) groups excluding carboxylic acids is 1. The van der Waals surface area contributed by atoms with Crippen molar-refractivity contribution in [3.8, 4) is 0 Å². The second-order valence-electron chi connectivity index (χ2n) is 8.76. The molecule has 4 rings (SSSR count). The van der Waals surface area contributed by atoms with Gasteiger partial charge in [0.05, 0.1) is 11.5 Å². The van der Waals surface area contributed by atoms with Crippen LogP contribution in [-0.4, -0.2) is 38.8 Å². The molecule has 31 heavy (non-hydrogen) atoms. The van der Waals surface area contributed by atoms with E-state index >= 15 is 0 Å². The fourth-order valence-corrected chi connectivity index (χ4v) is 4.35. The first kappa shape index (κ1) is 21.2. The first-order chi connectivity index (χ1) is 15.0. The number of hydrogen-bond acceptors (Lipinski definition) is 4. The molecular formula is C25H29N3O3. The number of carbonyl (C=O) groups is 1. The molecule has 1 aromatic heterocycles. The van der Waals surface area contributed by atoms with Gasteiger partial charge in [0.15, 0.2) is 5.69 Å². The van der Waals surface area contributed by atoms with Crippen molar-refractivity contribution in [3.05, 3.63) is 76.2 Å². The van der Waals surface area contributed by atoms with Gasteiger partial charge in [-0.05, 0) is 36.3 Å². The predicted octanol–water partition coefficient (Wildman–Crippen LogP) is 3.64. The number of hydrogen-bond donors (Lipinski definition) is 1. The van der Waals surface area contributed by atoms with Crippen LogP contribution in [0.1, 0.15) is 48.8 Å². The minimum Gasteiger partial charge on any atom is -0.388 e. The molecule has 1 fully saturated rings. The number of benzene rings is 2. The molecule has 1 atom stereocenters. The van der Waals surface area contributed by atoms with Crippen molar-refractivity contribution in [1.29, 1.82) is 0 Å². The zero-order valence-electron chi connectivity index (χ0n) is 18.1. The fourth-order valence-electron chi connectivity index (χ4n) is 4.35. The minimum absolute atomic E-state index is 0.117. The molecule has 1 aliphatic heterocycles.